The minimum absolute atomic E-state index is 0.526. The normalized spacial score (nSPS) is 9.78. The second-order valence-electron chi connectivity index (χ2n) is 2.39. The molecule has 2 nitrogen and oxygen atoms in total. The SMILES string of the molecule is C=C(NCNC)C(C)C. The third-order valence-corrected chi connectivity index (χ3v) is 1.19. The van der Waals surface area contributed by atoms with Crippen molar-refractivity contribution in [3.05, 3.63) is 12.3 Å². The molecule has 0 radical (unpaired) electrons. The van der Waals surface area contributed by atoms with E-state index in [2.05, 4.69) is 31.1 Å². The summed E-state index contributed by atoms with van der Waals surface area (Å²) in [6.45, 7) is 8.88. The van der Waals surface area contributed by atoms with Crippen LogP contribution in [0.2, 0.25) is 0 Å². The van der Waals surface area contributed by atoms with Gasteiger partial charge in [-0.2, -0.15) is 0 Å². The zero-order valence-electron chi connectivity index (χ0n) is 6.49. The number of allylic oxidation sites excluding steroid dienone is 1. The van der Waals surface area contributed by atoms with Crippen LogP contribution < -0.4 is 10.6 Å². The minimum atomic E-state index is 0.526. The molecule has 0 amide bonds. The Kier molecular flexibility index (Phi) is 4.14. The summed E-state index contributed by atoms with van der Waals surface area (Å²) in [7, 11) is 1.90. The van der Waals surface area contributed by atoms with E-state index in [1.807, 2.05) is 7.05 Å². The Balaban J connectivity index is 3.28. The third kappa shape index (κ3) is 4.03. The van der Waals surface area contributed by atoms with Crippen LogP contribution in [0.5, 0.6) is 0 Å². The summed E-state index contributed by atoms with van der Waals surface area (Å²) in [4.78, 5) is 0. The van der Waals surface area contributed by atoms with Crippen LogP contribution in [0.25, 0.3) is 0 Å². The van der Waals surface area contributed by atoms with Gasteiger partial charge in [-0.15, -0.1) is 0 Å². The predicted molar refractivity (Wildman–Crippen MR) is 41.0 cm³/mol. The van der Waals surface area contributed by atoms with Gasteiger partial charge in [0.05, 0.1) is 6.67 Å². The minimum Gasteiger partial charge on any atom is -0.376 e. The Labute approximate surface area is 57.3 Å². The van der Waals surface area contributed by atoms with Gasteiger partial charge in [0.15, 0.2) is 0 Å². The first kappa shape index (κ1) is 8.50. The van der Waals surface area contributed by atoms with Crippen molar-refractivity contribution in [1.29, 1.82) is 0 Å². The fourth-order valence-corrected chi connectivity index (χ4v) is 0.406. The highest BCUT2D eigenvalue weighted by Gasteiger charge is 1.95. The van der Waals surface area contributed by atoms with E-state index in [0.717, 1.165) is 12.4 Å². The Morgan fingerprint density at radius 3 is 2.44 bits per heavy atom. The van der Waals surface area contributed by atoms with Gasteiger partial charge < -0.3 is 10.6 Å². The summed E-state index contributed by atoms with van der Waals surface area (Å²) in [5.41, 5.74) is 1.09. The number of rotatable bonds is 4. The molecule has 0 fully saturated rings. The van der Waals surface area contributed by atoms with Gasteiger partial charge in [0, 0.05) is 5.70 Å². The number of nitrogens with one attached hydrogen (secondary N) is 2. The smallest absolute Gasteiger partial charge is 0.0647 e. The molecule has 0 saturated carbocycles. The Hall–Kier alpha value is -0.500. The van der Waals surface area contributed by atoms with Crippen molar-refractivity contribution in [3.63, 3.8) is 0 Å². The lowest BCUT2D eigenvalue weighted by Crippen LogP contribution is -2.26. The van der Waals surface area contributed by atoms with Crippen molar-refractivity contribution >= 4 is 0 Å². The molecule has 0 aromatic carbocycles. The third-order valence-electron chi connectivity index (χ3n) is 1.19. The second kappa shape index (κ2) is 4.39. The summed E-state index contributed by atoms with van der Waals surface area (Å²) < 4.78 is 0. The summed E-state index contributed by atoms with van der Waals surface area (Å²) in [6, 6.07) is 0. The van der Waals surface area contributed by atoms with Crippen LogP contribution in [0.1, 0.15) is 13.8 Å². The maximum Gasteiger partial charge on any atom is 0.0647 e. The molecule has 0 aromatic heterocycles. The zero-order valence-corrected chi connectivity index (χ0v) is 6.49. The van der Waals surface area contributed by atoms with Crippen molar-refractivity contribution in [1.82, 2.24) is 10.6 Å². The molecule has 0 saturated heterocycles. The van der Waals surface area contributed by atoms with E-state index < -0.39 is 0 Å². The van der Waals surface area contributed by atoms with E-state index in [9.17, 15) is 0 Å². The molecule has 0 rings (SSSR count). The Morgan fingerprint density at radius 2 is 2.11 bits per heavy atom. The van der Waals surface area contributed by atoms with Crippen molar-refractivity contribution in [2.75, 3.05) is 13.7 Å². The van der Waals surface area contributed by atoms with E-state index in [1.54, 1.807) is 0 Å². The highest BCUT2D eigenvalue weighted by atomic mass is 15.0. The van der Waals surface area contributed by atoms with Crippen LogP contribution >= 0.6 is 0 Å². The first-order chi connectivity index (χ1) is 4.18. The highest BCUT2D eigenvalue weighted by Crippen LogP contribution is 2.00. The molecule has 0 aliphatic carbocycles. The van der Waals surface area contributed by atoms with Crippen molar-refractivity contribution in [2.24, 2.45) is 5.92 Å². The Bertz CT molecular complexity index is 86.9. The van der Waals surface area contributed by atoms with Crippen molar-refractivity contribution < 1.29 is 0 Å². The lowest BCUT2D eigenvalue weighted by molar-refractivity contribution is 0.622. The molecule has 0 atom stereocenters. The van der Waals surface area contributed by atoms with Gasteiger partial charge >= 0.3 is 0 Å². The molecule has 54 valence electrons. The standard InChI is InChI=1S/C7H16N2/c1-6(2)7(3)9-5-8-4/h6,8-9H,3,5H2,1-2,4H3. The van der Waals surface area contributed by atoms with Crippen LogP contribution in [-0.2, 0) is 0 Å². The fourth-order valence-electron chi connectivity index (χ4n) is 0.406. The number of hydrogen-bond donors (Lipinski definition) is 2. The van der Waals surface area contributed by atoms with Crippen LogP contribution in [0.3, 0.4) is 0 Å². The average molecular weight is 128 g/mol. The zero-order chi connectivity index (χ0) is 7.28. The molecule has 2 N–H and O–H groups in total. The van der Waals surface area contributed by atoms with Crippen molar-refractivity contribution in [3.8, 4) is 0 Å². The van der Waals surface area contributed by atoms with Crippen LogP contribution in [0, 0.1) is 5.92 Å². The van der Waals surface area contributed by atoms with Crippen LogP contribution in [-0.4, -0.2) is 13.7 Å². The van der Waals surface area contributed by atoms with Gasteiger partial charge in [-0.25, -0.2) is 0 Å². The molecule has 0 unspecified atom stereocenters. The maximum absolute atomic E-state index is 3.84. The quantitative estimate of drug-likeness (QED) is 0.550. The maximum atomic E-state index is 3.84. The molecule has 0 aromatic rings. The molecule has 0 aliphatic rings. The average Bonchev–Trinajstić information content (AvgIpc) is 1.82. The predicted octanol–water partition coefficient (Wildman–Crippen LogP) is 0.923. The van der Waals surface area contributed by atoms with E-state index >= 15 is 0 Å². The second-order valence-corrected chi connectivity index (χ2v) is 2.39. The molecule has 0 spiro atoms. The van der Waals surface area contributed by atoms with Gasteiger partial charge in [0.1, 0.15) is 0 Å². The number of hydrogen-bond acceptors (Lipinski definition) is 2. The van der Waals surface area contributed by atoms with E-state index in [0.29, 0.717) is 5.92 Å². The van der Waals surface area contributed by atoms with Crippen molar-refractivity contribution in [2.45, 2.75) is 13.8 Å². The topological polar surface area (TPSA) is 24.1 Å². The molecule has 0 bridgehead atoms. The lowest BCUT2D eigenvalue weighted by Gasteiger charge is -2.11. The highest BCUT2D eigenvalue weighted by molar-refractivity contribution is 4.93. The monoisotopic (exact) mass is 128 g/mol. The first-order valence-corrected chi connectivity index (χ1v) is 3.25. The Morgan fingerprint density at radius 1 is 1.56 bits per heavy atom. The van der Waals surface area contributed by atoms with Gasteiger partial charge in [-0.3, -0.25) is 0 Å². The molecule has 0 heterocycles. The molecular weight excluding hydrogens is 112 g/mol. The molecular formula is C7H16N2. The summed E-state index contributed by atoms with van der Waals surface area (Å²) in [5, 5.41) is 6.11. The first-order valence-electron chi connectivity index (χ1n) is 3.25. The van der Waals surface area contributed by atoms with E-state index in [4.69, 9.17) is 0 Å². The summed E-state index contributed by atoms with van der Waals surface area (Å²) in [5.74, 6) is 0.526. The molecule has 2 heteroatoms. The van der Waals surface area contributed by atoms with Gasteiger partial charge in [-0.05, 0) is 13.0 Å². The largest absolute Gasteiger partial charge is 0.376 e. The van der Waals surface area contributed by atoms with Gasteiger partial charge in [0.2, 0.25) is 0 Å². The van der Waals surface area contributed by atoms with Crippen LogP contribution in [0.15, 0.2) is 12.3 Å². The molecule has 0 aliphatic heterocycles. The van der Waals surface area contributed by atoms with Gasteiger partial charge in [0.25, 0.3) is 0 Å². The fraction of sp³-hybridized carbons (Fsp3) is 0.714. The van der Waals surface area contributed by atoms with Crippen LogP contribution in [0.4, 0.5) is 0 Å². The summed E-state index contributed by atoms with van der Waals surface area (Å²) >= 11 is 0. The summed E-state index contributed by atoms with van der Waals surface area (Å²) in [6.07, 6.45) is 0. The lowest BCUT2D eigenvalue weighted by atomic mass is 10.2. The molecule has 9 heavy (non-hydrogen) atoms. The van der Waals surface area contributed by atoms with E-state index in [1.165, 1.54) is 0 Å². The van der Waals surface area contributed by atoms with E-state index in [-0.39, 0.29) is 0 Å². The van der Waals surface area contributed by atoms with Gasteiger partial charge in [-0.1, -0.05) is 20.4 Å².